The van der Waals surface area contributed by atoms with E-state index in [1.165, 1.54) is 12.1 Å². The van der Waals surface area contributed by atoms with Crippen molar-refractivity contribution in [2.45, 2.75) is 6.92 Å². The van der Waals surface area contributed by atoms with Gasteiger partial charge in [0, 0.05) is 5.56 Å². The van der Waals surface area contributed by atoms with Crippen LogP contribution in [0, 0.1) is 17.0 Å². The fourth-order valence-electron chi connectivity index (χ4n) is 2.12. The first-order valence-electron chi connectivity index (χ1n) is 6.39. The van der Waals surface area contributed by atoms with Crippen molar-refractivity contribution in [1.29, 1.82) is 0 Å². The molecule has 4 amide bonds. The fourth-order valence-corrected chi connectivity index (χ4v) is 2.12. The van der Waals surface area contributed by atoms with Crippen molar-refractivity contribution < 1.29 is 29.1 Å². The number of fused-ring (bicyclic) bond motifs is 1. The Balaban J connectivity index is 2.26. The average molecular weight is 321 g/mol. The summed E-state index contributed by atoms with van der Waals surface area (Å²) in [6.45, 7) is 0.742. The Morgan fingerprint density at radius 3 is 2.52 bits per heavy atom. The van der Waals surface area contributed by atoms with Crippen LogP contribution in [0.2, 0.25) is 0 Å². The van der Waals surface area contributed by atoms with Crippen molar-refractivity contribution in [2.75, 3.05) is 13.2 Å². The largest absolute Gasteiger partial charge is 0.312 e. The maximum absolute atomic E-state index is 12.3. The molecule has 1 aliphatic rings. The van der Waals surface area contributed by atoms with Gasteiger partial charge >= 0.3 is 0 Å². The highest BCUT2D eigenvalue weighted by molar-refractivity contribution is 6.22. The molecule has 10 nitrogen and oxygen atoms in total. The lowest BCUT2D eigenvalue weighted by atomic mass is 9.99. The van der Waals surface area contributed by atoms with E-state index in [1.54, 1.807) is 6.92 Å². The van der Waals surface area contributed by atoms with E-state index < -0.39 is 29.4 Å². The summed E-state index contributed by atoms with van der Waals surface area (Å²) >= 11 is 0. The van der Waals surface area contributed by atoms with Crippen LogP contribution in [0.4, 0.5) is 0 Å². The minimum absolute atomic E-state index is 0.0383. The second-order valence-corrected chi connectivity index (χ2v) is 4.66. The van der Waals surface area contributed by atoms with Crippen LogP contribution in [0.1, 0.15) is 36.6 Å². The topological polar surface area (TPSA) is 136 Å². The molecule has 120 valence electrons. The third-order valence-corrected chi connectivity index (χ3v) is 3.23. The lowest BCUT2D eigenvalue weighted by Gasteiger charge is -2.16. The van der Waals surface area contributed by atoms with E-state index in [2.05, 4.69) is 10.2 Å². The van der Waals surface area contributed by atoms with Gasteiger partial charge in [-0.1, -0.05) is 0 Å². The monoisotopic (exact) mass is 321 g/mol. The normalized spacial score (nSPS) is 12.4. The number of nitrogens with one attached hydrogen (secondary N) is 1. The van der Waals surface area contributed by atoms with E-state index in [0.717, 1.165) is 0 Å². The number of imide groups is 2. The molecule has 0 aliphatic carbocycles. The first-order chi connectivity index (χ1) is 10.8. The summed E-state index contributed by atoms with van der Waals surface area (Å²) in [5.74, 6) is -1.94. The van der Waals surface area contributed by atoms with Gasteiger partial charge in [0.05, 0.1) is 17.7 Å². The molecule has 0 saturated carbocycles. The van der Waals surface area contributed by atoms with Crippen molar-refractivity contribution >= 4 is 24.1 Å². The molecule has 1 N–H and O–H groups in total. The summed E-state index contributed by atoms with van der Waals surface area (Å²) in [7, 11) is 0. The summed E-state index contributed by atoms with van der Waals surface area (Å²) in [5.41, 5.74) is 0.622. The molecule has 1 heterocycles. The number of carbonyl (C=O) groups excluding carboxylic acids is 4. The Hall–Kier alpha value is -3.30. The first kappa shape index (κ1) is 16.1. The smallest absolute Gasteiger partial charge is 0.294 e. The van der Waals surface area contributed by atoms with Gasteiger partial charge in [0.15, 0.2) is 0 Å². The fraction of sp³-hybridized carbons (Fsp3) is 0.231. The molecule has 1 aromatic rings. The molecule has 0 spiro atoms. The van der Waals surface area contributed by atoms with Crippen molar-refractivity contribution in [3.05, 3.63) is 44.5 Å². The molecule has 1 aliphatic heterocycles. The number of hydrogen-bond acceptors (Lipinski definition) is 7. The first-order valence-corrected chi connectivity index (χ1v) is 6.39. The van der Waals surface area contributed by atoms with Gasteiger partial charge in [-0.15, -0.1) is 10.1 Å². The van der Waals surface area contributed by atoms with Crippen molar-refractivity contribution in [1.82, 2.24) is 10.2 Å². The van der Waals surface area contributed by atoms with Gasteiger partial charge in [0.1, 0.15) is 6.61 Å². The van der Waals surface area contributed by atoms with Gasteiger partial charge in [-0.05, 0) is 24.6 Å². The lowest BCUT2D eigenvalue weighted by molar-refractivity contribution is -0.757. The molecule has 0 bridgehead atoms. The van der Waals surface area contributed by atoms with E-state index in [-0.39, 0.29) is 29.6 Å². The second-order valence-electron chi connectivity index (χ2n) is 4.66. The Morgan fingerprint density at radius 2 is 1.96 bits per heavy atom. The molecule has 0 aromatic heterocycles. The molecule has 10 heteroatoms. The highest BCUT2D eigenvalue weighted by Crippen LogP contribution is 2.22. The quantitative estimate of drug-likeness (QED) is 0.328. The third-order valence-electron chi connectivity index (χ3n) is 3.23. The highest BCUT2D eigenvalue weighted by atomic mass is 16.9. The Morgan fingerprint density at radius 1 is 1.35 bits per heavy atom. The zero-order valence-electron chi connectivity index (χ0n) is 11.9. The van der Waals surface area contributed by atoms with Crippen LogP contribution in [-0.2, 0) is 9.63 Å². The maximum Gasteiger partial charge on any atom is 0.294 e. The van der Waals surface area contributed by atoms with E-state index in [0.29, 0.717) is 10.5 Å². The summed E-state index contributed by atoms with van der Waals surface area (Å²) in [4.78, 5) is 61.3. The zero-order valence-corrected chi connectivity index (χ0v) is 11.9. The number of aryl methyl sites for hydroxylation is 1. The number of rotatable bonds is 6. The molecule has 0 saturated heterocycles. The van der Waals surface area contributed by atoms with Gasteiger partial charge in [-0.25, -0.2) is 0 Å². The predicted octanol–water partition coefficient (Wildman–Crippen LogP) is -0.314. The van der Waals surface area contributed by atoms with Crippen LogP contribution in [-0.4, -0.2) is 47.3 Å². The molecule has 0 unspecified atom stereocenters. The van der Waals surface area contributed by atoms with Crippen molar-refractivity contribution in [2.24, 2.45) is 0 Å². The number of amides is 4. The van der Waals surface area contributed by atoms with Crippen LogP contribution >= 0.6 is 0 Å². The Labute approximate surface area is 129 Å². The van der Waals surface area contributed by atoms with E-state index in [9.17, 15) is 29.3 Å². The van der Waals surface area contributed by atoms with Gasteiger partial charge in [-0.3, -0.25) is 29.4 Å². The van der Waals surface area contributed by atoms with Crippen LogP contribution in [0.15, 0.2) is 12.1 Å². The molecule has 0 atom stereocenters. The van der Waals surface area contributed by atoms with Crippen LogP contribution < -0.4 is 5.32 Å². The van der Waals surface area contributed by atoms with Crippen LogP contribution in [0.3, 0.4) is 0 Å². The van der Waals surface area contributed by atoms with Crippen molar-refractivity contribution in [3.8, 4) is 0 Å². The summed E-state index contributed by atoms with van der Waals surface area (Å²) in [6.07, 6.45) is 0.212. The third kappa shape index (κ3) is 3.15. The van der Waals surface area contributed by atoms with Gasteiger partial charge in [0.25, 0.3) is 22.8 Å². The maximum atomic E-state index is 12.3. The van der Waals surface area contributed by atoms with E-state index >= 15 is 0 Å². The number of hydrogen-bond donors (Lipinski definition) is 1. The summed E-state index contributed by atoms with van der Waals surface area (Å²) < 4.78 is 0. The Kier molecular flexibility index (Phi) is 4.35. The molecular weight excluding hydrogens is 310 g/mol. The summed E-state index contributed by atoms with van der Waals surface area (Å²) in [5, 5.41) is 11.1. The highest BCUT2D eigenvalue weighted by Gasteiger charge is 2.29. The SMILES string of the molecule is Cc1cc2c(cc1C(=O)N(C=O)CCO[N+](=O)[O-])C(=O)NC2=O. The molecule has 1 aromatic carbocycles. The van der Waals surface area contributed by atoms with Gasteiger partial charge in [-0.2, -0.15) is 0 Å². The average Bonchev–Trinajstić information content (AvgIpc) is 2.76. The minimum atomic E-state index is -1.04. The minimum Gasteiger partial charge on any atom is -0.312 e. The van der Waals surface area contributed by atoms with Gasteiger partial charge < -0.3 is 4.84 Å². The second kappa shape index (κ2) is 6.22. The number of nitrogens with zero attached hydrogens (tertiary/aromatic N) is 2. The van der Waals surface area contributed by atoms with Gasteiger partial charge in [0.2, 0.25) is 6.41 Å². The zero-order chi connectivity index (χ0) is 17.1. The standard InChI is InChI=1S/C13H11N3O7/c1-7-4-9-10(12(19)14-11(9)18)5-8(7)13(20)15(6-17)2-3-23-16(21)22/h4-6H,2-3H2,1H3,(H,14,18,19). The molecule has 2 rings (SSSR count). The van der Waals surface area contributed by atoms with Crippen LogP contribution in [0.5, 0.6) is 0 Å². The van der Waals surface area contributed by atoms with E-state index in [1.807, 2.05) is 0 Å². The summed E-state index contributed by atoms with van der Waals surface area (Å²) in [6, 6.07) is 2.59. The van der Waals surface area contributed by atoms with E-state index in [4.69, 9.17) is 0 Å². The molecular formula is C13H11N3O7. The lowest BCUT2D eigenvalue weighted by Crippen LogP contribution is -2.33. The number of carbonyl (C=O) groups is 4. The predicted molar refractivity (Wildman–Crippen MR) is 73.0 cm³/mol. The number of benzene rings is 1. The van der Waals surface area contributed by atoms with Crippen molar-refractivity contribution in [3.63, 3.8) is 0 Å². The molecule has 23 heavy (non-hydrogen) atoms. The molecule has 0 fully saturated rings. The molecule has 0 radical (unpaired) electrons. The van der Waals surface area contributed by atoms with Crippen LogP contribution in [0.25, 0.3) is 0 Å². The Bertz CT molecular complexity index is 729.